The zero-order valence-electron chi connectivity index (χ0n) is 15.1. The number of aromatic nitrogens is 1. The zero-order valence-corrected chi connectivity index (χ0v) is 15.9. The number of hydrogen-bond acceptors (Lipinski definition) is 6. The summed E-state index contributed by atoms with van der Waals surface area (Å²) in [6.07, 6.45) is 5.25. The molecule has 1 saturated heterocycles. The van der Waals surface area contributed by atoms with Crippen LogP contribution < -0.4 is 14.4 Å². The molecule has 1 aliphatic heterocycles. The van der Waals surface area contributed by atoms with E-state index in [1.807, 2.05) is 47.7 Å². The van der Waals surface area contributed by atoms with Crippen LogP contribution in [0.2, 0.25) is 0 Å². The summed E-state index contributed by atoms with van der Waals surface area (Å²) in [5.74, 6) is 1.40. The van der Waals surface area contributed by atoms with E-state index in [0.717, 1.165) is 23.8 Å². The molecular weight excluding hydrogens is 350 g/mol. The van der Waals surface area contributed by atoms with Crippen LogP contribution in [0.3, 0.4) is 0 Å². The summed E-state index contributed by atoms with van der Waals surface area (Å²) in [6, 6.07) is 5.64. The first-order valence-electron chi connectivity index (χ1n) is 8.63. The van der Waals surface area contributed by atoms with E-state index < -0.39 is 0 Å². The van der Waals surface area contributed by atoms with Crippen LogP contribution in [0.25, 0.3) is 6.08 Å². The van der Waals surface area contributed by atoms with Crippen molar-refractivity contribution in [3.05, 3.63) is 41.4 Å². The highest BCUT2D eigenvalue weighted by Crippen LogP contribution is 2.28. The maximum absolute atomic E-state index is 12.4. The molecule has 6 nitrogen and oxygen atoms in total. The molecule has 0 unspecified atom stereocenters. The van der Waals surface area contributed by atoms with Crippen molar-refractivity contribution >= 4 is 28.5 Å². The summed E-state index contributed by atoms with van der Waals surface area (Å²) in [5, 5.41) is 3.00. The second-order valence-electron chi connectivity index (χ2n) is 5.80. The van der Waals surface area contributed by atoms with Gasteiger partial charge in [-0.25, -0.2) is 4.98 Å². The Kier molecular flexibility index (Phi) is 6.12. The van der Waals surface area contributed by atoms with Crippen LogP contribution in [-0.2, 0) is 4.79 Å². The van der Waals surface area contributed by atoms with Gasteiger partial charge >= 0.3 is 0 Å². The Bertz CT molecular complexity index is 753. The molecule has 2 aromatic rings. The van der Waals surface area contributed by atoms with Crippen LogP contribution >= 0.6 is 11.3 Å². The van der Waals surface area contributed by atoms with E-state index in [1.54, 1.807) is 24.5 Å². The Morgan fingerprint density at radius 1 is 1.27 bits per heavy atom. The monoisotopic (exact) mass is 373 g/mol. The molecule has 0 aliphatic carbocycles. The number of hydrogen-bond donors (Lipinski definition) is 0. The number of piperazine rings is 1. The van der Waals surface area contributed by atoms with Crippen LogP contribution in [0.4, 0.5) is 5.13 Å². The van der Waals surface area contributed by atoms with Crippen molar-refractivity contribution in [2.75, 3.05) is 44.8 Å². The third kappa shape index (κ3) is 4.35. The Morgan fingerprint density at radius 3 is 2.73 bits per heavy atom. The molecule has 1 aliphatic rings. The third-order valence-corrected chi connectivity index (χ3v) is 5.02. The van der Waals surface area contributed by atoms with E-state index in [0.29, 0.717) is 31.2 Å². The summed E-state index contributed by atoms with van der Waals surface area (Å²) in [7, 11) is 1.61. The Morgan fingerprint density at radius 2 is 2.08 bits per heavy atom. The Labute approximate surface area is 157 Å². The van der Waals surface area contributed by atoms with Gasteiger partial charge in [-0.3, -0.25) is 4.79 Å². The molecule has 1 amide bonds. The van der Waals surface area contributed by atoms with Crippen LogP contribution in [0, 0.1) is 0 Å². The maximum Gasteiger partial charge on any atom is 0.246 e. The molecule has 26 heavy (non-hydrogen) atoms. The van der Waals surface area contributed by atoms with Gasteiger partial charge in [0.15, 0.2) is 16.6 Å². The number of nitrogens with zero attached hydrogens (tertiary/aromatic N) is 3. The molecule has 1 aromatic heterocycles. The number of methoxy groups -OCH3 is 1. The van der Waals surface area contributed by atoms with Gasteiger partial charge in [0, 0.05) is 43.8 Å². The van der Waals surface area contributed by atoms with Gasteiger partial charge in [-0.2, -0.15) is 0 Å². The minimum Gasteiger partial charge on any atom is -0.493 e. The standard InChI is InChI=1S/C19H23N3O3S/c1-3-25-17-14-15(4-6-16(17)24-2)5-7-18(23)21-9-11-22(12-10-21)19-20-8-13-26-19/h4-8,13-14H,3,9-12H2,1-2H3/b7-5+. The number of anilines is 1. The molecule has 0 atom stereocenters. The summed E-state index contributed by atoms with van der Waals surface area (Å²) in [5.41, 5.74) is 0.907. The lowest BCUT2D eigenvalue weighted by molar-refractivity contribution is -0.126. The molecule has 0 bridgehead atoms. The van der Waals surface area contributed by atoms with Gasteiger partial charge in [-0.15, -0.1) is 11.3 Å². The number of benzene rings is 1. The fourth-order valence-electron chi connectivity index (χ4n) is 2.83. The normalized spacial score (nSPS) is 14.7. The fraction of sp³-hybridized carbons (Fsp3) is 0.368. The average molecular weight is 373 g/mol. The predicted octanol–water partition coefficient (Wildman–Crippen LogP) is 2.91. The number of carbonyl (C=O) groups excluding carboxylic acids is 1. The largest absolute Gasteiger partial charge is 0.493 e. The van der Waals surface area contributed by atoms with Gasteiger partial charge in [0.05, 0.1) is 13.7 Å². The number of thiazole rings is 1. The highest BCUT2D eigenvalue weighted by Gasteiger charge is 2.20. The van der Waals surface area contributed by atoms with Gasteiger partial charge in [0.2, 0.25) is 5.91 Å². The molecule has 1 fully saturated rings. The molecule has 2 heterocycles. The fourth-order valence-corrected chi connectivity index (χ4v) is 3.53. The first-order chi connectivity index (χ1) is 12.7. The van der Waals surface area contributed by atoms with Gasteiger partial charge in [0.25, 0.3) is 0 Å². The molecule has 1 aromatic carbocycles. The summed E-state index contributed by atoms with van der Waals surface area (Å²) in [4.78, 5) is 20.9. The molecule has 7 heteroatoms. The highest BCUT2D eigenvalue weighted by atomic mass is 32.1. The van der Waals surface area contributed by atoms with Gasteiger partial charge in [-0.1, -0.05) is 6.07 Å². The average Bonchev–Trinajstić information content (AvgIpc) is 3.21. The van der Waals surface area contributed by atoms with E-state index in [2.05, 4.69) is 9.88 Å². The van der Waals surface area contributed by atoms with E-state index >= 15 is 0 Å². The van der Waals surface area contributed by atoms with Crippen molar-refractivity contribution in [2.24, 2.45) is 0 Å². The minimum absolute atomic E-state index is 0.0255. The van der Waals surface area contributed by atoms with E-state index in [1.165, 1.54) is 0 Å². The number of amides is 1. The maximum atomic E-state index is 12.4. The summed E-state index contributed by atoms with van der Waals surface area (Å²) >= 11 is 1.63. The minimum atomic E-state index is 0.0255. The number of carbonyl (C=O) groups is 1. The first-order valence-corrected chi connectivity index (χ1v) is 9.51. The third-order valence-electron chi connectivity index (χ3n) is 4.19. The van der Waals surface area contributed by atoms with E-state index in [9.17, 15) is 4.79 Å². The number of rotatable bonds is 6. The van der Waals surface area contributed by atoms with Crippen molar-refractivity contribution < 1.29 is 14.3 Å². The zero-order chi connectivity index (χ0) is 18.4. The van der Waals surface area contributed by atoms with Gasteiger partial charge < -0.3 is 19.3 Å². The van der Waals surface area contributed by atoms with Crippen molar-refractivity contribution in [3.8, 4) is 11.5 Å². The summed E-state index contributed by atoms with van der Waals surface area (Å²) < 4.78 is 10.9. The quantitative estimate of drug-likeness (QED) is 0.729. The van der Waals surface area contributed by atoms with Crippen molar-refractivity contribution in [2.45, 2.75) is 6.92 Å². The van der Waals surface area contributed by atoms with Gasteiger partial charge in [0.1, 0.15) is 0 Å². The van der Waals surface area contributed by atoms with Crippen molar-refractivity contribution in [3.63, 3.8) is 0 Å². The number of ether oxygens (including phenoxy) is 2. The Hall–Kier alpha value is -2.54. The highest BCUT2D eigenvalue weighted by molar-refractivity contribution is 7.13. The van der Waals surface area contributed by atoms with Crippen LogP contribution in [0.15, 0.2) is 35.9 Å². The first kappa shape index (κ1) is 18.3. The summed E-state index contributed by atoms with van der Waals surface area (Å²) in [6.45, 7) is 5.52. The SMILES string of the molecule is CCOc1cc(/C=C/C(=O)N2CCN(c3nccs3)CC2)ccc1OC. The van der Waals surface area contributed by atoms with Gasteiger partial charge in [-0.05, 0) is 30.7 Å². The molecule has 3 rings (SSSR count). The van der Waals surface area contributed by atoms with Crippen LogP contribution in [-0.4, -0.2) is 55.7 Å². The topological polar surface area (TPSA) is 54.9 Å². The molecular formula is C19H23N3O3S. The molecule has 0 radical (unpaired) electrons. The van der Waals surface area contributed by atoms with Crippen LogP contribution in [0.5, 0.6) is 11.5 Å². The molecule has 0 N–H and O–H groups in total. The van der Waals surface area contributed by atoms with Crippen molar-refractivity contribution in [1.29, 1.82) is 0 Å². The van der Waals surface area contributed by atoms with Crippen LogP contribution in [0.1, 0.15) is 12.5 Å². The van der Waals surface area contributed by atoms with E-state index in [-0.39, 0.29) is 5.91 Å². The molecule has 0 saturated carbocycles. The predicted molar refractivity (Wildman–Crippen MR) is 104 cm³/mol. The lowest BCUT2D eigenvalue weighted by atomic mass is 10.2. The molecule has 0 spiro atoms. The Balaban J connectivity index is 1.59. The lowest BCUT2D eigenvalue weighted by Gasteiger charge is -2.34. The second-order valence-corrected chi connectivity index (χ2v) is 6.68. The van der Waals surface area contributed by atoms with E-state index in [4.69, 9.17) is 9.47 Å². The second kappa shape index (κ2) is 8.71. The lowest BCUT2D eigenvalue weighted by Crippen LogP contribution is -2.48. The molecule has 138 valence electrons. The smallest absolute Gasteiger partial charge is 0.246 e. The van der Waals surface area contributed by atoms with Crippen molar-refractivity contribution in [1.82, 2.24) is 9.88 Å².